The Bertz CT molecular complexity index is 715. The van der Waals surface area contributed by atoms with E-state index < -0.39 is 0 Å². The van der Waals surface area contributed by atoms with E-state index in [2.05, 4.69) is 23.1 Å². The van der Waals surface area contributed by atoms with Gasteiger partial charge in [0, 0.05) is 29.4 Å². The predicted molar refractivity (Wildman–Crippen MR) is 79.1 cm³/mol. The molecule has 0 spiro atoms. The van der Waals surface area contributed by atoms with Crippen LogP contribution in [0.2, 0.25) is 0 Å². The zero-order valence-electron chi connectivity index (χ0n) is 11.4. The molecule has 1 atom stereocenters. The van der Waals surface area contributed by atoms with E-state index in [9.17, 15) is 0 Å². The second kappa shape index (κ2) is 5.43. The Morgan fingerprint density at radius 3 is 2.95 bits per heavy atom. The fraction of sp³-hybridized carbons (Fsp3) is 0.250. The summed E-state index contributed by atoms with van der Waals surface area (Å²) in [4.78, 5) is 4.27. The van der Waals surface area contributed by atoms with Crippen molar-refractivity contribution in [2.45, 2.75) is 25.8 Å². The van der Waals surface area contributed by atoms with Gasteiger partial charge in [0.05, 0.1) is 6.04 Å². The lowest BCUT2D eigenvalue weighted by Crippen LogP contribution is -2.08. The molecule has 3 aromatic rings. The average molecular weight is 267 g/mol. The molecule has 3 rings (SSSR count). The lowest BCUT2D eigenvalue weighted by molar-refractivity contribution is 0.356. The number of pyridine rings is 1. The molecule has 2 heterocycles. The van der Waals surface area contributed by atoms with E-state index >= 15 is 0 Å². The van der Waals surface area contributed by atoms with Crippen LogP contribution in [0.5, 0.6) is 0 Å². The fourth-order valence-electron chi connectivity index (χ4n) is 2.36. The van der Waals surface area contributed by atoms with Gasteiger partial charge >= 0.3 is 0 Å². The van der Waals surface area contributed by atoms with Crippen LogP contribution >= 0.6 is 0 Å². The van der Waals surface area contributed by atoms with Gasteiger partial charge in [0.1, 0.15) is 5.69 Å². The van der Waals surface area contributed by atoms with Crippen LogP contribution in [0.25, 0.3) is 22.0 Å². The van der Waals surface area contributed by atoms with Gasteiger partial charge in [-0.05, 0) is 11.8 Å². The molecule has 0 saturated heterocycles. The number of aromatic nitrogens is 2. The van der Waals surface area contributed by atoms with E-state index in [-0.39, 0.29) is 6.04 Å². The minimum absolute atomic E-state index is 0.0933. The molecule has 1 aromatic carbocycles. The number of hydrogen-bond donors (Lipinski definition) is 1. The van der Waals surface area contributed by atoms with Crippen LogP contribution in [0.1, 0.15) is 31.6 Å². The van der Waals surface area contributed by atoms with Gasteiger partial charge in [-0.1, -0.05) is 42.8 Å². The zero-order valence-corrected chi connectivity index (χ0v) is 11.4. The smallest absolute Gasteiger partial charge is 0.154 e. The van der Waals surface area contributed by atoms with E-state index in [4.69, 9.17) is 10.3 Å². The number of fused-ring (bicyclic) bond motifs is 1. The topological polar surface area (TPSA) is 64.9 Å². The van der Waals surface area contributed by atoms with E-state index in [0.29, 0.717) is 0 Å². The van der Waals surface area contributed by atoms with Crippen molar-refractivity contribution in [1.82, 2.24) is 10.1 Å². The van der Waals surface area contributed by atoms with Crippen molar-refractivity contribution in [1.29, 1.82) is 0 Å². The minimum Gasteiger partial charge on any atom is -0.359 e. The summed E-state index contributed by atoms with van der Waals surface area (Å²) in [5.74, 6) is 0.731. The van der Waals surface area contributed by atoms with Gasteiger partial charge in [-0.25, -0.2) is 0 Å². The first kappa shape index (κ1) is 12.8. The second-order valence-corrected chi connectivity index (χ2v) is 4.92. The SMILES string of the molecule is CCCC(N)c1cc(-c2cncc3ccccc23)no1. The van der Waals surface area contributed by atoms with Crippen molar-refractivity contribution >= 4 is 10.8 Å². The summed E-state index contributed by atoms with van der Waals surface area (Å²) >= 11 is 0. The molecule has 0 aliphatic carbocycles. The molecule has 0 aliphatic rings. The maximum atomic E-state index is 6.06. The summed E-state index contributed by atoms with van der Waals surface area (Å²) in [5, 5.41) is 6.35. The van der Waals surface area contributed by atoms with Crippen LogP contribution in [0.3, 0.4) is 0 Å². The zero-order chi connectivity index (χ0) is 13.9. The molecule has 4 heteroatoms. The van der Waals surface area contributed by atoms with Crippen LogP contribution in [-0.4, -0.2) is 10.1 Å². The van der Waals surface area contributed by atoms with Crippen molar-refractivity contribution < 1.29 is 4.52 Å². The van der Waals surface area contributed by atoms with E-state index in [1.165, 1.54) is 0 Å². The molecule has 2 N–H and O–H groups in total. The first-order chi connectivity index (χ1) is 9.79. The number of hydrogen-bond acceptors (Lipinski definition) is 4. The molecule has 0 radical (unpaired) electrons. The second-order valence-electron chi connectivity index (χ2n) is 4.92. The Balaban J connectivity index is 2.03. The summed E-state index contributed by atoms with van der Waals surface area (Å²) in [7, 11) is 0. The summed E-state index contributed by atoms with van der Waals surface area (Å²) in [6, 6.07) is 9.94. The van der Waals surface area contributed by atoms with Crippen molar-refractivity contribution in [3.8, 4) is 11.3 Å². The Morgan fingerprint density at radius 2 is 2.10 bits per heavy atom. The van der Waals surface area contributed by atoms with Crippen molar-refractivity contribution in [3.63, 3.8) is 0 Å². The highest BCUT2D eigenvalue weighted by Gasteiger charge is 2.14. The molecule has 20 heavy (non-hydrogen) atoms. The molecule has 102 valence electrons. The first-order valence-corrected chi connectivity index (χ1v) is 6.85. The average Bonchev–Trinajstić information content (AvgIpc) is 2.97. The third-order valence-electron chi connectivity index (χ3n) is 3.44. The van der Waals surface area contributed by atoms with Crippen LogP contribution in [-0.2, 0) is 0 Å². The van der Waals surface area contributed by atoms with Crippen LogP contribution in [0, 0.1) is 0 Å². The molecule has 2 aromatic heterocycles. The minimum atomic E-state index is -0.0933. The maximum absolute atomic E-state index is 6.06. The van der Waals surface area contributed by atoms with Crippen LogP contribution in [0.15, 0.2) is 47.2 Å². The molecule has 0 amide bonds. The van der Waals surface area contributed by atoms with Gasteiger partial charge in [0.15, 0.2) is 5.76 Å². The number of nitrogens with two attached hydrogens (primary N) is 1. The highest BCUT2D eigenvalue weighted by molar-refractivity contribution is 5.94. The normalized spacial score (nSPS) is 12.7. The van der Waals surface area contributed by atoms with Crippen LogP contribution < -0.4 is 5.73 Å². The third-order valence-corrected chi connectivity index (χ3v) is 3.44. The molecule has 0 saturated carbocycles. The number of rotatable bonds is 4. The lowest BCUT2D eigenvalue weighted by Gasteiger charge is -2.04. The number of nitrogens with zero attached hydrogens (tertiary/aromatic N) is 2. The highest BCUT2D eigenvalue weighted by atomic mass is 16.5. The quantitative estimate of drug-likeness (QED) is 0.783. The molecule has 1 unspecified atom stereocenters. The van der Waals surface area contributed by atoms with E-state index in [1.807, 2.05) is 36.7 Å². The lowest BCUT2D eigenvalue weighted by atomic mass is 10.0. The summed E-state index contributed by atoms with van der Waals surface area (Å²) in [6.45, 7) is 2.10. The third kappa shape index (κ3) is 2.30. The Hall–Kier alpha value is -2.20. The standard InChI is InChI=1S/C16H17N3O/c1-2-5-14(17)16-8-15(19-20-16)13-10-18-9-11-6-3-4-7-12(11)13/h3-4,6-10,14H,2,5,17H2,1H3. The van der Waals surface area contributed by atoms with Gasteiger partial charge in [0.2, 0.25) is 0 Å². The Morgan fingerprint density at radius 1 is 1.25 bits per heavy atom. The molecular formula is C16H17N3O. The van der Waals surface area contributed by atoms with Crippen molar-refractivity contribution in [2.75, 3.05) is 0 Å². The van der Waals surface area contributed by atoms with E-state index in [0.717, 1.165) is 40.6 Å². The largest absolute Gasteiger partial charge is 0.359 e. The predicted octanol–water partition coefficient (Wildman–Crippen LogP) is 3.69. The van der Waals surface area contributed by atoms with Gasteiger partial charge in [-0.15, -0.1) is 0 Å². The molecule has 0 fully saturated rings. The maximum Gasteiger partial charge on any atom is 0.154 e. The van der Waals surface area contributed by atoms with Gasteiger partial charge < -0.3 is 10.3 Å². The van der Waals surface area contributed by atoms with Gasteiger partial charge in [0.25, 0.3) is 0 Å². The Kier molecular flexibility index (Phi) is 3.48. The highest BCUT2D eigenvalue weighted by Crippen LogP contribution is 2.28. The van der Waals surface area contributed by atoms with Crippen molar-refractivity contribution in [2.24, 2.45) is 5.73 Å². The summed E-state index contributed by atoms with van der Waals surface area (Å²) in [5.41, 5.74) is 7.82. The van der Waals surface area contributed by atoms with Crippen LogP contribution in [0.4, 0.5) is 0 Å². The molecular weight excluding hydrogens is 250 g/mol. The summed E-state index contributed by atoms with van der Waals surface area (Å²) in [6.07, 6.45) is 5.58. The Labute approximate surface area is 117 Å². The van der Waals surface area contributed by atoms with Gasteiger partial charge in [-0.3, -0.25) is 4.98 Å². The van der Waals surface area contributed by atoms with Gasteiger partial charge in [-0.2, -0.15) is 0 Å². The first-order valence-electron chi connectivity index (χ1n) is 6.85. The summed E-state index contributed by atoms with van der Waals surface area (Å²) < 4.78 is 5.38. The number of benzene rings is 1. The van der Waals surface area contributed by atoms with E-state index in [1.54, 1.807) is 0 Å². The monoisotopic (exact) mass is 267 g/mol. The molecule has 0 aliphatic heterocycles. The molecule has 4 nitrogen and oxygen atoms in total. The molecule has 0 bridgehead atoms. The van der Waals surface area contributed by atoms with Crippen molar-refractivity contribution in [3.05, 3.63) is 48.5 Å². The fourth-order valence-corrected chi connectivity index (χ4v) is 2.36.